The molecule has 1 N–H and O–H groups in total. The van der Waals surface area contributed by atoms with E-state index in [1.165, 1.54) is 0 Å². The molecular weight excluding hydrogens is 429 g/mol. The van der Waals surface area contributed by atoms with Crippen LogP contribution in [0.4, 0.5) is 0 Å². The van der Waals surface area contributed by atoms with Crippen LogP contribution in [0.2, 0.25) is 0 Å². The van der Waals surface area contributed by atoms with Gasteiger partial charge in [0, 0.05) is 32.9 Å². The van der Waals surface area contributed by atoms with Gasteiger partial charge in [0.15, 0.2) is 15.8 Å². The Bertz CT molecular complexity index is 654. The summed E-state index contributed by atoms with van der Waals surface area (Å²) in [6.07, 6.45) is 1.74. The molecule has 23 heavy (non-hydrogen) atoms. The number of hydrogen-bond donors (Lipinski definition) is 1. The summed E-state index contributed by atoms with van der Waals surface area (Å²) in [5.41, 5.74) is 1.01. The monoisotopic (exact) mass is 455 g/mol. The number of halogens is 1. The van der Waals surface area contributed by atoms with Crippen LogP contribution in [0.1, 0.15) is 26.5 Å². The minimum atomic E-state index is -3.05. The maximum atomic E-state index is 12.1. The minimum Gasteiger partial charge on any atom is -0.357 e. The second kappa shape index (κ2) is 7.82. The van der Waals surface area contributed by atoms with Gasteiger partial charge in [-0.15, -0.1) is 24.0 Å². The average molecular weight is 455 g/mol. The van der Waals surface area contributed by atoms with Crippen LogP contribution < -0.4 is 5.32 Å². The molecule has 0 saturated carbocycles. The first-order chi connectivity index (χ1) is 10.3. The molecule has 0 aromatic carbocycles. The zero-order chi connectivity index (χ0) is 16.4. The number of rotatable bonds is 3. The first-order valence-corrected chi connectivity index (χ1v) is 9.14. The van der Waals surface area contributed by atoms with Gasteiger partial charge in [0.1, 0.15) is 0 Å². The molecule has 0 bridgehead atoms. The molecule has 0 radical (unpaired) electrons. The molecule has 1 saturated heterocycles. The number of nitrogens with one attached hydrogen (secondary N) is 1. The molecule has 0 amide bonds. The summed E-state index contributed by atoms with van der Waals surface area (Å²) in [5, 5.41) is 7.38. The zero-order valence-corrected chi connectivity index (χ0v) is 17.3. The van der Waals surface area contributed by atoms with Crippen LogP contribution in [0.5, 0.6) is 0 Å². The molecule has 0 atom stereocenters. The van der Waals surface area contributed by atoms with Gasteiger partial charge < -0.3 is 10.2 Å². The van der Waals surface area contributed by atoms with E-state index in [9.17, 15) is 8.42 Å². The van der Waals surface area contributed by atoms with Gasteiger partial charge in [0.25, 0.3) is 0 Å². The molecule has 0 spiro atoms. The van der Waals surface area contributed by atoms with E-state index >= 15 is 0 Å². The van der Waals surface area contributed by atoms with Crippen LogP contribution in [0.15, 0.2) is 17.3 Å². The van der Waals surface area contributed by atoms with Crippen LogP contribution >= 0.6 is 24.0 Å². The normalized spacial score (nSPS) is 20.0. The van der Waals surface area contributed by atoms with Gasteiger partial charge >= 0.3 is 0 Å². The Morgan fingerprint density at radius 2 is 2.17 bits per heavy atom. The number of nitrogens with zero attached hydrogens (tertiary/aromatic N) is 4. The SMILES string of the molecule is CCNC(=NCc1ccnn1C)N1CCS(=O)(=O)C(C)(C)C1.I. The highest BCUT2D eigenvalue weighted by Crippen LogP contribution is 2.23. The molecule has 0 unspecified atom stereocenters. The van der Waals surface area contributed by atoms with Crippen molar-refractivity contribution >= 4 is 39.8 Å². The lowest BCUT2D eigenvalue weighted by molar-refractivity contribution is 0.353. The van der Waals surface area contributed by atoms with Crippen molar-refractivity contribution in [3.05, 3.63) is 18.0 Å². The number of aromatic nitrogens is 2. The smallest absolute Gasteiger partial charge is 0.194 e. The van der Waals surface area contributed by atoms with Crippen molar-refractivity contribution in [3.63, 3.8) is 0 Å². The van der Waals surface area contributed by atoms with Gasteiger partial charge in [-0.25, -0.2) is 13.4 Å². The molecule has 1 fully saturated rings. The number of hydrogen-bond acceptors (Lipinski definition) is 4. The fraction of sp³-hybridized carbons (Fsp3) is 0.714. The van der Waals surface area contributed by atoms with Crippen molar-refractivity contribution in [2.75, 3.05) is 25.4 Å². The Kier molecular flexibility index (Phi) is 6.87. The van der Waals surface area contributed by atoms with Gasteiger partial charge in [-0.2, -0.15) is 5.10 Å². The highest BCUT2D eigenvalue weighted by atomic mass is 127. The lowest BCUT2D eigenvalue weighted by Gasteiger charge is -2.39. The predicted octanol–water partition coefficient (Wildman–Crippen LogP) is 1.01. The second-order valence-corrected chi connectivity index (χ2v) is 8.86. The average Bonchev–Trinajstić information content (AvgIpc) is 2.83. The Hall–Kier alpha value is -0.840. The third-order valence-electron chi connectivity index (χ3n) is 3.99. The lowest BCUT2D eigenvalue weighted by atomic mass is 10.2. The van der Waals surface area contributed by atoms with Crippen LogP contribution in [0.3, 0.4) is 0 Å². The summed E-state index contributed by atoms with van der Waals surface area (Å²) in [6, 6.07) is 1.93. The number of aliphatic imine (C=N–C) groups is 1. The topological polar surface area (TPSA) is 79.6 Å². The van der Waals surface area contributed by atoms with Gasteiger partial charge in [0.05, 0.1) is 22.7 Å². The third kappa shape index (κ3) is 4.59. The standard InChI is InChI=1S/C14H25N5O2S.HI/c1-5-15-13(16-10-12-6-7-17-18(12)4)19-8-9-22(20,21)14(2,3)11-19;/h6-7H,5,8-11H2,1-4H3,(H,15,16);1H. The van der Waals surface area contributed by atoms with Crippen molar-refractivity contribution < 1.29 is 8.42 Å². The molecule has 7 nitrogen and oxygen atoms in total. The molecule has 2 heterocycles. The van der Waals surface area contributed by atoms with Gasteiger partial charge in [0.2, 0.25) is 0 Å². The van der Waals surface area contributed by atoms with Crippen molar-refractivity contribution in [2.45, 2.75) is 32.1 Å². The largest absolute Gasteiger partial charge is 0.357 e. The van der Waals surface area contributed by atoms with E-state index in [4.69, 9.17) is 0 Å². The van der Waals surface area contributed by atoms with Crippen LogP contribution in [0, 0.1) is 0 Å². The van der Waals surface area contributed by atoms with E-state index in [1.54, 1.807) is 24.7 Å². The summed E-state index contributed by atoms with van der Waals surface area (Å²) in [7, 11) is -1.16. The molecule has 1 aromatic rings. The maximum Gasteiger partial charge on any atom is 0.194 e. The molecule has 2 rings (SSSR count). The quantitative estimate of drug-likeness (QED) is 0.418. The number of sulfone groups is 1. The Balaban J connectivity index is 0.00000264. The van der Waals surface area contributed by atoms with E-state index in [-0.39, 0.29) is 29.7 Å². The first kappa shape index (κ1) is 20.2. The molecule has 9 heteroatoms. The fourth-order valence-corrected chi connectivity index (χ4v) is 3.83. The predicted molar refractivity (Wildman–Crippen MR) is 103 cm³/mol. The Morgan fingerprint density at radius 3 is 2.70 bits per heavy atom. The van der Waals surface area contributed by atoms with Crippen molar-refractivity contribution in [3.8, 4) is 0 Å². The van der Waals surface area contributed by atoms with Crippen molar-refractivity contribution in [1.29, 1.82) is 0 Å². The highest BCUT2D eigenvalue weighted by Gasteiger charge is 2.40. The summed E-state index contributed by atoms with van der Waals surface area (Å²) in [5.74, 6) is 0.919. The molecular formula is C14H26IN5O2S. The van der Waals surface area contributed by atoms with Crippen LogP contribution in [0.25, 0.3) is 0 Å². The van der Waals surface area contributed by atoms with Gasteiger partial charge in [-0.1, -0.05) is 0 Å². The minimum absolute atomic E-state index is 0. The highest BCUT2D eigenvalue weighted by molar-refractivity contribution is 14.0. The summed E-state index contributed by atoms with van der Waals surface area (Å²) in [4.78, 5) is 6.66. The molecule has 1 aromatic heterocycles. The van der Waals surface area contributed by atoms with E-state index in [1.807, 2.05) is 24.9 Å². The van der Waals surface area contributed by atoms with Gasteiger partial charge in [-0.3, -0.25) is 4.68 Å². The zero-order valence-electron chi connectivity index (χ0n) is 14.1. The van der Waals surface area contributed by atoms with Crippen LogP contribution in [-0.2, 0) is 23.4 Å². The van der Waals surface area contributed by atoms with E-state index in [2.05, 4.69) is 15.4 Å². The summed E-state index contributed by atoms with van der Waals surface area (Å²) < 4.78 is 25.3. The summed E-state index contributed by atoms with van der Waals surface area (Å²) >= 11 is 0. The molecule has 1 aliphatic heterocycles. The molecule has 1 aliphatic rings. The molecule has 132 valence electrons. The lowest BCUT2D eigenvalue weighted by Crippen LogP contribution is -2.57. The number of aryl methyl sites for hydroxylation is 1. The van der Waals surface area contributed by atoms with Crippen LogP contribution in [-0.4, -0.2) is 59.2 Å². The second-order valence-electron chi connectivity index (χ2n) is 6.12. The van der Waals surface area contributed by atoms with E-state index < -0.39 is 14.6 Å². The van der Waals surface area contributed by atoms with Crippen molar-refractivity contribution in [1.82, 2.24) is 20.0 Å². The third-order valence-corrected chi connectivity index (χ3v) is 6.52. The fourth-order valence-electron chi connectivity index (χ4n) is 2.46. The first-order valence-electron chi connectivity index (χ1n) is 7.49. The van der Waals surface area contributed by atoms with Crippen molar-refractivity contribution in [2.24, 2.45) is 12.0 Å². The molecule has 0 aliphatic carbocycles. The Morgan fingerprint density at radius 1 is 1.48 bits per heavy atom. The van der Waals surface area contributed by atoms with E-state index in [0.717, 1.165) is 18.2 Å². The number of guanidine groups is 1. The Labute approximate surface area is 155 Å². The van der Waals surface area contributed by atoms with Gasteiger partial charge in [-0.05, 0) is 26.8 Å². The maximum absolute atomic E-state index is 12.1. The van der Waals surface area contributed by atoms with E-state index in [0.29, 0.717) is 19.6 Å². The summed E-state index contributed by atoms with van der Waals surface area (Å²) in [6.45, 7) is 7.75.